The van der Waals surface area contributed by atoms with Crippen molar-refractivity contribution in [2.45, 2.75) is 42.7 Å². The quantitative estimate of drug-likeness (QED) is 0.528. The number of ether oxygens (including phenoxy) is 2. The predicted octanol–water partition coefficient (Wildman–Crippen LogP) is 4.25. The minimum atomic E-state index is -4.03. The van der Waals surface area contributed by atoms with Crippen molar-refractivity contribution in [3.63, 3.8) is 0 Å². The van der Waals surface area contributed by atoms with Gasteiger partial charge in [0.1, 0.15) is 12.4 Å². The van der Waals surface area contributed by atoms with Crippen LogP contribution < -0.4 is 9.04 Å². The molecule has 1 fully saturated rings. The van der Waals surface area contributed by atoms with Crippen LogP contribution in [0.4, 0.5) is 10.1 Å². The first-order valence-electron chi connectivity index (χ1n) is 10.7. The molecule has 1 atom stereocenters. The molecule has 0 aromatic heterocycles. The smallest absolute Gasteiger partial charge is 0.264 e. The van der Waals surface area contributed by atoms with E-state index in [1.165, 1.54) is 28.8 Å². The zero-order chi connectivity index (χ0) is 24.4. The van der Waals surface area contributed by atoms with Crippen LogP contribution in [0.15, 0.2) is 52.3 Å². The normalized spacial score (nSPS) is 17.3. The summed E-state index contributed by atoms with van der Waals surface area (Å²) in [4.78, 5) is -0.188. The van der Waals surface area contributed by atoms with Crippen LogP contribution in [0, 0.1) is 10.7 Å². The minimum Gasteiger partial charge on any atom is -0.489 e. The molecular weight excluding hydrogens is 467 g/mol. The predicted molar refractivity (Wildman–Crippen MR) is 127 cm³/mol. The van der Waals surface area contributed by atoms with Gasteiger partial charge in [0.25, 0.3) is 10.0 Å². The Hall–Kier alpha value is -2.17. The molecule has 0 bridgehead atoms. The Labute approximate surface area is 195 Å². The molecule has 2 aromatic carbocycles. The maximum atomic E-state index is 14.3. The standard InChI is InChI=1S/C23H31FN2O5S2/c1-5-18-6-8-19(9-7-18)26(13-17(2)3)33(28,29)20-10-11-21(22(12-20)32(4,25)27)31-16-23(24)14-30-15-23/h6-12,17,25H,5,13-16H2,1-4H3. The summed E-state index contributed by atoms with van der Waals surface area (Å²) in [5, 5.41) is 0. The topological polar surface area (TPSA) is 96.8 Å². The molecule has 1 unspecified atom stereocenters. The van der Waals surface area contributed by atoms with Crippen molar-refractivity contribution in [1.82, 2.24) is 0 Å². The van der Waals surface area contributed by atoms with Crippen LogP contribution in [0.1, 0.15) is 26.3 Å². The zero-order valence-electron chi connectivity index (χ0n) is 19.3. The molecule has 3 rings (SSSR count). The van der Waals surface area contributed by atoms with E-state index in [0.717, 1.165) is 12.0 Å². The third kappa shape index (κ3) is 5.85. The molecule has 0 saturated carbocycles. The van der Waals surface area contributed by atoms with Crippen molar-refractivity contribution in [1.29, 1.82) is 4.78 Å². The summed E-state index contributed by atoms with van der Waals surface area (Å²) in [5.41, 5.74) is -0.0284. The van der Waals surface area contributed by atoms with Crippen LogP contribution in [-0.4, -0.2) is 50.9 Å². The van der Waals surface area contributed by atoms with E-state index in [1.807, 2.05) is 32.9 Å². The molecular formula is C23H31FN2O5S2. The maximum absolute atomic E-state index is 14.3. The lowest BCUT2D eigenvalue weighted by atomic mass is 10.1. The number of hydrogen-bond donors (Lipinski definition) is 1. The summed E-state index contributed by atoms with van der Waals surface area (Å²) < 4.78 is 74.0. The first kappa shape index (κ1) is 25.5. The highest BCUT2D eigenvalue weighted by Crippen LogP contribution is 2.33. The third-order valence-corrected chi connectivity index (χ3v) is 8.24. The Balaban J connectivity index is 2.01. The molecule has 1 N–H and O–H groups in total. The number of alkyl halides is 1. The lowest BCUT2D eigenvalue weighted by Gasteiger charge is -2.33. The lowest BCUT2D eigenvalue weighted by Crippen LogP contribution is -2.50. The van der Waals surface area contributed by atoms with Gasteiger partial charge < -0.3 is 9.47 Å². The Kier molecular flexibility index (Phi) is 7.40. The van der Waals surface area contributed by atoms with E-state index in [4.69, 9.17) is 14.3 Å². The second-order valence-electron chi connectivity index (χ2n) is 8.83. The van der Waals surface area contributed by atoms with Gasteiger partial charge in [-0.2, -0.15) is 0 Å². The molecule has 1 heterocycles. The SMILES string of the molecule is CCc1ccc(N(CC(C)C)S(=O)(=O)c2ccc(OCC3(F)COC3)c(S(C)(=N)=O)c2)cc1. The number of nitrogens with zero attached hydrogens (tertiary/aromatic N) is 1. The number of benzene rings is 2. The summed E-state index contributed by atoms with van der Waals surface area (Å²) in [6.07, 6.45) is 2.02. The first-order chi connectivity index (χ1) is 15.4. The van der Waals surface area contributed by atoms with Gasteiger partial charge >= 0.3 is 0 Å². The van der Waals surface area contributed by atoms with E-state index < -0.39 is 25.4 Å². The van der Waals surface area contributed by atoms with Gasteiger partial charge in [-0.05, 0) is 48.2 Å². The van der Waals surface area contributed by atoms with E-state index in [0.29, 0.717) is 5.69 Å². The van der Waals surface area contributed by atoms with Gasteiger partial charge in [-0.3, -0.25) is 4.31 Å². The molecule has 1 saturated heterocycles. The molecule has 10 heteroatoms. The highest BCUT2D eigenvalue weighted by atomic mass is 32.2. The van der Waals surface area contributed by atoms with Gasteiger partial charge in [0, 0.05) is 12.8 Å². The summed E-state index contributed by atoms with van der Waals surface area (Å²) in [5.74, 6) is 0.0767. The van der Waals surface area contributed by atoms with Crippen LogP contribution in [0.5, 0.6) is 5.75 Å². The molecule has 0 amide bonds. The van der Waals surface area contributed by atoms with E-state index in [2.05, 4.69) is 0 Å². The summed E-state index contributed by atoms with van der Waals surface area (Å²) >= 11 is 0. The molecule has 2 aromatic rings. The lowest BCUT2D eigenvalue weighted by molar-refractivity contribution is -0.146. The number of rotatable bonds is 10. The number of hydrogen-bond acceptors (Lipinski definition) is 6. The summed E-state index contributed by atoms with van der Waals surface area (Å²) in [6.45, 7) is 5.58. The van der Waals surface area contributed by atoms with E-state index in [1.54, 1.807) is 12.1 Å². The van der Waals surface area contributed by atoms with E-state index >= 15 is 0 Å². The molecule has 182 valence electrons. The van der Waals surface area contributed by atoms with Crippen LogP contribution >= 0.6 is 0 Å². The minimum absolute atomic E-state index is 0.0306. The van der Waals surface area contributed by atoms with Crippen molar-refractivity contribution in [2.24, 2.45) is 5.92 Å². The Morgan fingerprint density at radius 1 is 1.15 bits per heavy atom. The molecule has 0 radical (unpaired) electrons. The van der Waals surface area contributed by atoms with Crippen LogP contribution in [0.25, 0.3) is 0 Å². The Morgan fingerprint density at radius 3 is 2.27 bits per heavy atom. The largest absolute Gasteiger partial charge is 0.489 e. The number of sulfonamides is 1. The summed E-state index contributed by atoms with van der Waals surface area (Å²) in [7, 11) is -7.39. The van der Waals surface area contributed by atoms with Crippen molar-refractivity contribution in [3.05, 3.63) is 48.0 Å². The van der Waals surface area contributed by atoms with Crippen molar-refractivity contribution < 1.29 is 26.5 Å². The molecule has 0 spiro atoms. The van der Waals surface area contributed by atoms with E-state index in [-0.39, 0.29) is 47.8 Å². The second-order valence-corrected chi connectivity index (χ2v) is 12.8. The average molecular weight is 499 g/mol. The highest BCUT2D eigenvalue weighted by molar-refractivity contribution is 7.93. The van der Waals surface area contributed by atoms with Crippen molar-refractivity contribution in [2.75, 3.05) is 36.9 Å². The fourth-order valence-electron chi connectivity index (χ4n) is 3.39. The van der Waals surface area contributed by atoms with Gasteiger partial charge in [-0.15, -0.1) is 0 Å². The number of nitrogens with one attached hydrogen (secondary N) is 1. The number of anilines is 1. The Bertz CT molecular complexity index is 1190. The zero-order valence-corrected chi connectivity index (χ0v) is 21.0. The molecule has 33 heavy (non-hydrogen) atoms. The number of halogens is 1. The third-order valence-electron chi connectivity index (χ3n) is 5.29. The average Bonchev–Trinajstić information content (AvgIpc) is 2.73. The van der Waals surface area contributed by atoms with Crippen LogP contribution in [-0.2, 0) is 30.9 Å². The van der Waals surface area contributed by atoms with Gasteiger partial charge in [-0.1, -0.05) is 32.9 Å². The molecule has 1 aliphatic heterocycles. The van der Waals surface area contributed by atoms with Crippen molar-refractivity contribution in [3.8, 4) is 5.75 Å². The van der Waals surface area contributed by atoms with Crippen LogP contribution in [0.2, 0.25) is 0 Å². The van der Waals surface area contributed by atoms with Gasteiger partial charge in [0.05, 0.1) is 38.4 Å². The van der Waals surface area contributed by atoms with E-state index in [9.17, 15) is 17.0 Å². The maximum Gasteiger partial charge on any atom is 0.264 e. The van der Waals surface area contributed by atoms with Crippen molar-refractivity contribution >= 4 is 25.4 Å². The van der Waals surface area contributed by atoms with Gasteiger partial charge in [0.15, 0.2) is 5.67 Å². The first-order valence-corrected chi connectivity index (χ1v) is 14.2. The van der Waals surface area contributed by atoms with Crippen LogP contribution in [0.3, 0.4) is 0 Å². The molecule has 7 nitrogen and oxygen atoms in total. The monoisotopic (exact) mass is 498 g/mol. The van der Waals surface area contributed by atoms with Gasteiger partial charge in [0.2, 0.25) is 0 Å². The fourth-order valence-corrected chi connectivity index (χ4v) is 5.98. The van der Waals surface area contributed by atoms with Gasteiger partial charge in [-0.25, -0.2) is 21.8 Å². The second kappa shape index (κ2) is 9.60. The molecule has 1 aliphatic rings. The Morgan fingerprint density at radius 2 is 1.79 bits per heavy atom. The summed E-state index contributed by atoms with van der Waals surface area (Å²) in [6, 6.07) is 11.2. The number of aryl methyl sites for hydroxylation is 1. The fraction of sp³-hybridized carbons (Fsp3) is 0.478. The highest BCUT2D eigenvalue weighted by Gasteiger charge is 2.40. The molecule has 0 aliphatic carbocycles.